The summed E-state index contributed by atoms with van der Waals surface area (Å²) in [5.74, 6) is -0.273. The molecule has 1 aliphatic rings. The summed E-state index contributed by atoms with van der Waals surface area (Å²) in [6.45, 7) is 0.956. The molecule has 0 aliphatic carbocycles. The van der Waals surface area contributed by atoms with Crippen molar-refractivity contribution in [3.05, 3.63) is 46.5 Å². The fourth-order valence-electron chi connectivity index (χ4n) is 3.18. The predicted molar refractivity (Wildman–Crippen MR) is 105 cm³/mol. The lowest BCUT2D eigenvalue weighted by Crippen LogP contribution is -2.45. The molecule has 0 aromatic carbocycles. The van der Waals surface area contributed by atoms with Gasteiger partial charge in [-0.25, -0.2) is 4.98 Å². The first-order valence-electron chi connectivity index (χ1n) is 8.67. The van der Waals surface area contributed by atoms with E-state index in [9.17, 15) is 9.59 Å². The molecule has 7 nitrogen and oxygen atoms in total. The van der Waals surface area contributed by atoms with Crippen LogP contribution >= 0.6 is 22.7 Å². The summed E-state index contributed by atoms with van der Waals surface area (Å²) in [6, 6.07) is 3.59. The Kier molecular flexibility index (Phi) is 5.04. The van der Waals surface area contributed by atoms with Crippen molar-refractivity contribution >= 4 is 34.5 Å². The number of rotatable bonds is 5. The van der Waals surface area contributed by atoms with E-state index in [0.717, 1.165) is 22.0 Å². The van der Waals surface area contributed by atoms with E-state index in [1.165, 1.54) is 6.20 Å². The molecule has 1 atom stereocenters. The number of nitrogens with one attached hydrogen (secondary N) is 1. The Hall–Kier alpha value is -2.52. The number of aryl methyl sites for hydroxylation is 1. The highest BCUT2D eigenvalue weighted by Gasteiger charge is 2.34. The number of aromatic nitrogens is 3. The van der Waals surface area contributed by atoms with Crippen LogP contribution in [0.3, 0.4) is 0 Å². The molecular formula is C18H19N5O2S2. The molecule has 140 valence electrons. The summed E-state index contributed by atoms with van der Waals surface area (Å²) in [5, 5.41) is 11.9. The van der Waals surface area contributed by atoms with E-state index in [4.69, 9.17) is 0 Å². The summed E-state index contributed by atoms with van der Waals surface area (Å²) < 4.78 is 1.59. The van der Waals surface area contributed by atoms with Crippen LogP contribution in [0.5, 0.6) is 0 Å². The van der Waals surface area contributed by atoms with Gasteiger partial charge in [-0.05, 0) is 24.3 Å². The molecule has 0 saturated carbocycles. The van der Waals surface area contributed by atoms with E-state index in [-0.39, 0.29) is 11.8 Å². The molecule has 27 heavy (non-hydrogen) atoms. The predicted octanol–water partition coefficient (Wildman–Crippen LogP) is 2.53. The van der Waals surface area contributed by atoms with Crippen molar-refractivity contribution in [1.29, 1.82) is 0 Å². The molecule has 0 spiro atoms. The Morgan fingerprint density at radius 2 is 2.26 bits per heavy atom. The zero-order valence-corrected chi connectivity index (χ0v) is 16.4. The van der Waals surface area contributed by atoms with Crippen molar-refractivity contribution in [3.63, 3.8) is 0 Å². The number of thiophene rings is 1. The van der Waals surface area contributed by atoms with Gasteiger partial charge >= 0.3 is 0 Å². The van der Waals surface area contributed by atoms with Gasteiger partial charge in [0.05, 0.1) is 28.9 Å². The molecule has 1 fully saturated rings. The Labute approximate surface area is 164 Å². The maximum Gasteiger partial charge on any atom is 0.257 e. The van der Waals surface area contributed by atoms with Crippen molar-refractivity contribution in [3.8, 4) is 9.88 Å². The van der Waals surface area contributed by atoms with Crippen LogP contribution in [0.2, 0.25) is 0 Å². The topological polar surface area (TPSA) is 80.1 Å². The Morgan fingerprint density at radius 1 is 1.37 bits per heavy atom. The third kappa shape index (κ3) is 3.79. The molecule has 1 N–H and O–H groups in total. The number of hydrogen-bond acceptors (Lipinski definition) is 6. The monoisotopic (exact) mass is 401 g/mol. The Bertz CT molecular complexity index is 947. The number of nitrogens with zero attached hydrogens (tertiary/aromatic N) is 4. The van der Waals surface area contributed by atoms with E-state index in [1.54, 1.807) is 45.5 Å². The highest BCUT2D eigenvalue weighted by atomic mass is 32.1. The third-order valence-corrected chi connectivity index (χ3v) is 6.43. The largest absolute Gasteiger partial charge is 0.349 e. The molecule has 4 heterocycles. The molecule has 4 rings (SSSR count). The van der Waals surface area contributed by atoms with Crippen LogP contribution in [-0.2, 0) is 18.4 Å². The van der Waals surface area contributed by atoms with E-state index < -0.39 is 6.04 Å². The fourth-order valence-corrected chi connectivity index (χ4v) is 4.81. The molecule has 9 heteroatoms. The summed E-state index contributed by atoms with van der Waals surface area (Å²) in [6.07, 6.45) is 4.71. The van der Waals surface area contributed by atoms with Crippen molar-refractivity contribution in [2.24, 2.45) is 7.05 Å². The SMILES string of the molecule is Cn1cc(C(=O)N2CCCC2C(=O)NCc2csc(-c3cccs3)n2)cn1. The summed E-state index contributed by atoms with van der Waals surface area (Å²) >= 11 is 3.22. The van der Waals surface area contributed by atoms with Crippen LogP contribution in [0.25, 0.3) is 9.88 Å². The van der Waals surface area contributed by atoms with Crippen molar-refractivity contribution in [2.75, 3.05) is 6.54 Å². The van der Waals surface area contributed by atoms with Gasteiger partial charge in [0.1, 0.15) is 11.0 Å². The average molecular weight is 402 g/mol. The van der Waals surface area contributed by atoms with Crippen LogP contribution in [-0.4, -0.2) is 44.1 Å². The molecule has 1 saturated heterocycles. The zero-order valence-electron chi connectivity index (χ0n) is 14.8. The lowest BCUT2D eigenvalue weighted by molar-refractivity contribution is -0.125. The Morgan fingerprint density at radius 3 is 3.00 bits per heavy atom. The van der Waals surface area contributed by atoms with Crippen LogP contribution in [0, 0.1) is 0 Å². The van der Waals surface area contributed by atoms with Gasteiger partial charge in [-0.3, -0.25) is 14.3 Å². The van der Waals surface area contributed by atoms with Crippen molar-refractivity contribution in [2.45, 2.75) is 25.4 Å². The molecular weight excluding hydrogens is 382 g/mol. The number of carbonyl (C=O) groups excluding carboxylic acids is 2. The van der Waals surface area contributed by atoms with E-state index >= 15 is 0 Å². The maximum atomic E-state index is 12.7. The standard InChI is InChI=1S/C18H19N5O2S2/c1-22-10-12(8-20-22)18(25)23-6-2-4-14(23)16(24)19-9-13-11-27-17(21-13)15-5-3-7-26-15/h3,5,7-8,10-11,14H,2,4,6,9H2,1H3,(H,19,24). The van der Waals surface area contributed by atoms with Gasteiger partial charge in [0.15, 0.2) is 0 Å². The summed E-state index contributed by atoms with van der Waals surface area (Å²) in [7, 11) is 1.77. The third-order valence-electron chi connectivity index (χ3n) is 4.50. The lowest BCUT2D eigenvalue weighted by atomic mass is 10.2. The second kappa shape index (κ2) is 7.61. The van der Waals surface area contributed by atoms with E-state index in [2.05, 4.69) is 15.4 Å². The average Bonchev–Trinajstić information content (AvgIpc) is 3.46. The minimum Gasteiger partial charge on any atom is -0.349 e. The Balaban J connectivity index is 1.38. The number of likely N-dealkylation sites (tertiary alicyclic amines) is 1. The minimum absolute atomic E-state index is 0.129. The molecule has 3 aromatic rings. The maximum absolute atomic E-state index is 12.7. The highest BCUT2D eigenvalue weighted by molar-refractivity contribution is 7.20. The van der Waals surface area contributed by atoms with Gasteiger partial charge in [0.2, 0.25) is 5.91 Å². The quantitative estimate of drug-likeness (QED) is 0.712. The van der Waals surface area contributed by atoms with Crippen LogP contribution in [0.15, 0.2) is 35.3 Å². The molecule has 1 unspecified atom stereocenters. The molecule has 0 radical (unpaired) electrons. The van der Waals surface area contributed by atoms with Crippen LogP contribution < -0.4 is 5.32 Å². The van der Waals surface area contributed by atoms with Gasteiger partial charge in [-0.1, -0.05) is 6.07 Å². The number of thiazole rings is 1. The second-order valence-corrected chi connectivity index (χ2v) is 8.20. The van der Waals surface area contributed by atoms with Gasteiger partial charge in [0, 0.05) is 25.2 Å². The summed E-state index contributed by atoms with van der Waals surface area (Å²) in [4.78, 5) is 32.7. The van der Waals surface area contributed by atoms with Crippen LogP contribution in [0.1, 0.15) is 28.9 Å². The minimum atomic E-state index is -0.437. The number of amides is 2. The number of carbonyl (C=O) groups is 2. The lowest BCUT2D eigenvalue weighted by Gasteiger charge is -2.23. The van der Waals surface area contributed by atoms with E-state index in [1.807, 2.05) is 22.9 Å². The summed E-state index contributed by atoms with van der Waals surface area (Å²) in [5.41, 5.74) is 1.34. The van der Waals surface area contributed by atoms with E-state index in [0.29, 0.717) is 25.1 Å². The van der Waals surface area contributed by atoms with Gasteiger partial charge < -0.3 is 10.2 Å². The molecule has 1 aliphatic heterocycles. The normalized spacial score (nSPS) is 16.6. The zero-order chi connectivity index (χ0) is 18.8. The van der Waals surface area contributed by atoms with Crippen LogP contribution in [0.4, 0.5) is 0 Å². The first-order chi connectivity index (χ1) is 13.1. The van der Waals surface area contributed by atoms with Crippen molar-refractivity contribution < 1.29 is 9.59 Å². The van der Waals surface area contributed by atoms with Crippen molar-refractivity contribution in [1.82, 2.24) is 25.0 Å². The first kappa shape index (κ1) is 17.9. The molecule has 3 aromatic heterocycles. The molecule has 2 amide bonds. The number of hydrogen-bond donors (Lipinski definition) is 1. The van der Waals surface area contributed by atoms with Gasteiger partial charge in [0.25, 0.3) is 5.91 Å². The van der Waals surface area contributed by atoms with Gasteiger partial charge in [-0.2, -0.15) is 5.10 Å². The molecule has 0 bridgehead atoms. The van der Waals surface area contributed by atoms with Gasteiger partial charge in [-0.15, -0.1) is 22.7 Å². The first-order valence-corrected chi connectivity index (χ1v) is 10.4. The smallest absolute Gasteiger partial charge is 0.257 e. The fraction of sp³-hybridized carbons (Fsp3) is 0.333. The second-order valence-electron chi connectivity index (χ2n) is 6.40. The highest BCUT2D eigenvalue weighted by Crippen LogP contribution is 2.27.